The summed E-state index contributed by atoms with van der Waals surface area (Å²) in [5, 5.41) is 16.5. The number of benzene rings is 2. The highest BCUT2D eigenvalue weighted by Crippen LogP contribution is 2.20. The maximum absolute atomic E-state index is 10.9. The molecule has 108 valence electrons. The van der Waals surface area contributed by atoms with E-state index in [1.807, 2.05) is 0 Å². The zero-order valence-corrected chi connectivity index (χ0v) is 11.4. The summed E-state index contributed by atoms with van der Waals surface area (Å²) in [6.45, 7) is 0. The Morgan fingerprint density at radius 1 is 0.857 bits per heavy atom. The lowest BCUT2D eigenvalue weighted by Crippen LogP contribution is -1.96. The van der Waals surface area contributed by atoms with Gasteiger partial charge in [0.05, 0.1) is 21.8 Å². The molecule has 8 heteroatoms. The van der Waals surface area contributed by atoms with Crippen LogP contribution in [0.3, 0.4) is 0 Å². The highest BCUT2D eigenvalue weighted by atomic mass is 32.2. The van der Waals surface area contributed by atoms with E-state index in [2.05, 4.69) is 10.2 Å². The first-order valence-corrected chi connectivity index (χ1v) is 7.13. The molecular weight excluding hydrogens is 296 g/mol. The van der Waals surface area contributed by atoms with Gasteiger partial charge in [0.2, 0.25) is 0 Å². The second-order valence-electron chi connectivity index (χ2n) is 4.02. The molecule has 0 spiro atoms. The highest BCUT2D eigenvalue weighted by Gasteiger charge is 2.08. The Balaban J connectivity index is 2.15. The molecule has 0 saturated carbocycles. The van der Waals surface area contributed by atoms with E-state index in [-0.39, 0.29) is 10.5 Å². The minimum absolute atomic E-state index is 0.145. The third kappa shape index (κ3) is 3.94. The van der Waals surface area contributed by atoms with Crippen molar-refractivity contribution in [3.63, 3.8) is 0 Å². The summed E-state index contributed by atoms with van der Waals surface area (Å²) in [6, 6.07) is 11.0. The molecule has 0 heterocycles. The summed E-state index contributed by atoms with van der Waals surface area (Å²) >= 11 is 0. The number of carboxylic acids is 1. The summed E-state index contributed by atoms with van der Waals surface area (Å²) in [6.07, 6.45) is 0. The van der Waals surface area contributed by atoms with Crippen LogP contribution >= 0.6 is 0 Å². The molecule has 0 amide bonds. The summed E-state index contributed by atoms with van der Waals surface area (Å²) in [7, 11) is -4.23. The van der Waals surface area contributed by atoms with Crippen molar-refractivity contribution in [1.82, 2.24) is 0 Å². The van der Waals surface area contributed by atoms with E-state index in [0.717, 1.165) is 0 Å². The van der Waals surface area contributed by atoms with E-state index in [1.165, 1.54) is 48.5 Å². The van der Waals surface area contributed by atoms with Crippen LogP contribution < -0.4 is 0 Å². The average Bonchev–Trinajstić information content (AvgIpc) is 2.45. The largest absolute Gasteiger partial charge is 0.478 e. The Morgan fingerprint density at radius 3 is 1.67 bits per heavy atom. The van der Waals surface area contributed by atoms with Crippen LogP contribution in [0.1, 0.15) is 10.4 Å². The highest BCUT2D eigenvalue weighted by molar-refractivity contribution is 7.85. The molecular formula is C13H10N2O5S. The van der Waals surface area contributed by atoms with Gasteiger partial charge in [-0.25, -0.2) is 4.79 Å². The number of aromatic carboxylic acids is 1. The van der Waals surface area contributed by atoms with Gasteiger partial charge in [-0.1, -0.05) is 0 Å². The first-order valence-electron chi connectivity index (χ1n) is 5.69. The Morgan fingerprint density at radius 2 is 1.29 bits per heavy atom. The van der Waals surface area contributed by atoms with Crippen molar-refractivity contribution in [3.05, 3.63) is 54.1 Å². The molecule has 0 fully saturated rings. The van der Waals surface area contributed by atoms with E-state index in [4.69, 9.17) is 9.66 Å². The molecule has 0 unspecified atom stereocenters. The van der Waals surface area contributed by atoms with Crippen LogP contribution in [0.25, 0.3) is 0 Å². The fourth-order valence-corrected chi connectivity index (χ4v) is 1.95. The van der Waals surface area contributed by atoms with Crippen molar-refractivity contribution in [2.24, 2.45) is 10.2 Å². The van der Waals surface area contributed by atoms with Crippen molar-refractivity contribution < 1.29 is 22.9 Å². The van der Waals surface area contributed by atoms with Gasteiger partial charge in [0.15, 0.2) is 0 Å². The number of carboxylic acid groups (broad SMARTS) is 1. The van der Waals surface area contributed by atoms with Gasteiger partial charge < -0.3 is 5.11 Å². The van der Waals surface area contributed by atoms with Crippen molar-refractivity contribution >= 4 is 27.5 Å². The summed E-state index contributed by atoms with van der Waals surface area (Å²) in [5.74, 6) is -1.03. The lowest BCUT2D eigenvalue weighted by Gasteiger charge is -1.97. The monoisotopic (exact) mass is 306 g/mol. The minimum atomic E-state index is -4.23. The summed E-state index contributed by atoms with van der Waals surface area (Å²) in [4.78, 5) is 10.5. The first-order chi connectivity index (χ1) is 9.86. The van der Waals surface area contributed by atoms with Crippen LogP contribution in [0.2, 0.25) is 0 Å². The quantitative estimate of drug-likeness (QED) is 0.665. The smallest absolute Gasteiger partial charge is 0.335 e. The lowest BCUT2D eigenvalue weighted by atomic mass is 10.2. The van der Waals surface area contributed by atoms with Crippen LogP contribution in [-0.2, 0) is 10.1 Å². The fourth-order valence-electron chi connectivity index (χ4n) is 1.47. The van der Waals surface area contributed by atoms with Crippen molar-refractivity contribution in [2.45, 2.75) is 4.90 Å². The normalized spacial score (nSPS) is 11.7. The van der Waals surface area contributed by atoms with Crippen molar-refractivity contribution in [2.75, 3.05) is 0 Å². The van der Waals surface area contributed by atoms with Crippen LogP contribution in [0, 0.1) is 0 Å². The molecule has 0 aliphatic carbocycles. The molecule has 0 atom stereocenters. The molecule has 0 aliphatic heterocycles. The standard InChI is InChI=1S/C13H10N2O5S/c16-13(17)9-1-3-10(4-2-9)14-15-11-5-7-12(8-6-11)21(18,19)20/h1-8H,(H,16,17)(H,18,19,20)/b15-14+. The Kier molecular flexibility index (Phi) is 4.10. The van der Waals surface area contributed by atoms with E-state index in [1.54, 1.807) is 0 Å². The maximum Gasteiger partial charge on any atom is 0.335 e. The second kappa shape index (κ2) is 5.81. The molecule has 21 heavy (non-hydrogen) atoms. The lowest BCUT2D eigenvalue weighted by molar-refractivity contribution is 0.0697. The first kappa shape index (κ1) is 14.8. The van der Waals surface area contributed by atoms with Gasteiger partial charge in [-0.15, -0.1) is 0 Å². The number of carbonyl (C=O) groups is 1. The SMILES string of the molecule is O=C(O)c1ccc(/N=N/c2ccc(S(=O)(=O)O)cc2)cc1. The number of rotatable bonds is 4. The van der Waals surface area contributed by atoms with Crippen molar-refractivity contribution in [1.29, 1.82) is 0 Å². The molecule has 2 rings (SSSR count). The van der Waals surface area contributed by atoms with Gasteiger partial charge in [0.25, 0.3) is 10.1 Å². The van der Waals surface area contributed by atoms with Gasteiger partial charge in [0, 0.05) is 0 Å². The molecule has 0 aliphatic rings. The summed E-state index contributed by atoms with van der Waals surface area (Å²) < 4.78 is 30.6. The zero-order valence-electron chi connectivity index (χ0n) is 10.5. The zero-order chi connectivity index (χ0) is 15.5. The van der Waals surface area contributed by atoms with Crippen LogP contribution in [0.4, 0.5) is 11.4 Å². The topological polar surface area (TPSA) is 116 Å². The second-order valence-corrected chi connectivity index (χ2v) is 5.44. The Labute approximate surface area is 120 Å². The molecule has 0 radical (unpaired) electrons. The number of nitrogens with zero attached hydrogens (tertiary/aromatic N) is 2. The Bertz CT molecular complexity index is 780. The fraction of sp³-hybridized carbons (Fsp3) is 0. The van der Waals surface area contributed by atoms with Crippen LogP contribution in [-0.4, -0.2) is 24.0 Å². The molecule has 2 aromatic rings. The molecule has 0 bridgehead atoms. The molecule has 2 aromatic carbocycles. The predicted molar refractivity (Wildman–Crippen MR) is 73.8 cm³/mol. The Hall–Kier alpha value is -2.58. The van der Waals surface area contributed by atoms with Crippen molar-refractivity contribution in [3.8, 4) is 0 Å². The van der Waals surface area contributed by atoms with Gasteiger partial charge in [0.1, 0.15) is 0 Å². The van der Waals surface area contributed by atoms with Crippen LogP contribution in [0.15, 0.2) is 63.7 Å². The van der Waals surface area contributed by atoms with E-state index in [0.29, 0.717) is 11.4 Å². The maximum atomic E-state index is 10.9. The number of hydrogen-bond acceptors (Lipinski definition) is 5. The molecule has 7 nitrogen and oxygen atoms in total. The van der Waals surface area contributed by atoms with E-state index >= 15 is 0 Å². The summed E-state index contributed by atoms with van der Waals surface area (Å²) in [5.41, 5.74) is 0.995. The van der Waals surface area contributed by atoms with E-state index < -0.39 is 16.1 Å². The van der Waals surface area contributed by atoms with Gasteiger partial charge in [-0.2, -0.15) is 18.6 Å². The van der Waals surface area contributed by atoms with Gasteiger partial charge in [-0.05, 0) is 48.5 Å². The average molecular weight is 306 g/mol. The molecule has 0 aromatic heterocycles. The van der Waals surface area contributed by atoms with E-state index in [9.17, 15) is 13.2 Å². The minimum Gasteiger partial charge on any atom is -0.478 e. The third-order valence-corrected chi connectivity index (χ3v) is 3.40. The molecule has 2 N–H and O–H groups in total. The number of hydrogen-bond donors (Lipinski definition) is 2. The van der Waals surface area contributed by atoms with Gasteiger partial charge in [-0.3, -0.25) is 4.55 Å². The van der Waals surface area contributed by atoms with Crippen LogP contribution in [0.5, 0.6) is 0 Å². The van der Waals surface area contributed by atoms with Gasteiger partial charge >= 0.3 is 5.97 Å². The third-order valence-electron chi connectivity index (χ3n) is 2.53. The number of azo groups is 1. The predicted octanol–water partition coefficient (Wildman–Crippen LogP) is 3.05. The molecule has 0 saturated heterocycles.